The van der Waals surface area contributed by atoms with Crippen LogP contribution in [0.2, 0.25) is 0 Å². The molecule has 1 aliphatic rings. The maximum Gasteiger partial charge on any atom is 0.290 e. The molecule has 2 aromatic heterocycles. The molecule has 0 unspecified atom stereocenters. The van der Waals surface area contributed by atoms with Crippen molar-refractivity contribution in [2.75, 3.05) is 40.4 Å². The molecular formula is C20H27N3O5S. The summed E-state index contributed by atoms with van der Waals surface area (Å²) in [6.07, 6.45) is 0.960. The van der Waals surface area contributed by atoms with E-state index in [-0.39, 0.29) is 12.4 Å². The monoisotopic (exact) mass is 421 g/mol. The number of rotatable bonds is 5. The smallest absolute Gasteiger partial charge is 0.290 e. The van der Waals surface area contributed by atoms with Crippen LogP contribution in [0.1, 0.15) is 27.2 Å². The number of carbonyl (C=O) groups excluding carboxylic acids is 1. The second-order valence-electron chi connectivity index (χ2n) is 6.46. The van der Waals surface area contributed by atoms with Crippen molar-refractivity contribution in [3.05, 3.63) is 39.6 Å². The number of nitrogens with zero attached hydrogens (tertiary/aromatic N) is 3. The molecule has 1 fully saturated rings. The standard InChI is InChI=1S/C19H25N3O3S.CH2O2/c1-14-7-12-26-16(14)13-21-8-4-9-22(11-10-21)19(23)15-5-6-17(24-2)20-18(15)25-3;2-1-3/h5-7,12H,4,8-11,13H2,1-3H3;1H,(H,2,3). The Morgan fingerprint density at radius 1 is 1.21 bits per heavy atom. The topological polar surface area (TPSA) is 92.2 Å². The van der Waals surface area contributed by atoms with Crippen LogP contribution < -0.4 is 9.47 Å². The normalized spacial score (nSPS) is 14.4. The Bertz CT molecular complexity index is 811. The van der Waals surface area contributed by atoms with E-state index in [4.69, 9.17) is 19.4 Å². The van der Waals surface area contributed by atoms with Crippen molar-refractivity contribution in [2.45, 2.75) is 19.9 Å². The van der Waals surface area contributed by atoms with Gasteiger partial charge in [-0.1, -0.05) is 0 Å². The summed E-state index contributed by atoms with van der Waals surface area (Å²) in [5.41, 5.74) is 1.83. The van der Waals surface area contributed by atoms with Gasteiger partial charge in [0.15, 0.2) is 0 Å². The van der Waals surface area contributed by atoms with Gasteiger partial charge in [0.25, 0.3) is 12.4 Å². The molecule has 1 N–H and O–H groups in total. The van der Waals surface area contributed by atoms with Crippen molar-refractivity contribution in [3.8, 4) is 11.8 Å². The van der Waals surface area contributed by atoms with E-state index in [0.717, 1.165) is 32.6 Å². The molecule has 1 aliphatic heterocycles. The van der Waals surface area contributed by atoms with E-state index in [2.05, 4.69) is 28.3 Å². The zero-order valence-corrected chi connectivity index (χ0v) is 17.8. The van der Waals surface area contributed by atoms with Crippen LogP contribution in [0.5, 0.6) is 11.8 Å². The van der Waals surface area contributed by atoms with E-state index in [0.29, 0.717) is 23.9 Å². The summed E-state index contributed by atoms with van der Waals surface area (Å²) < 4.78 is 10.4. The summed E-state index contributed by atoms with van der Waals surface area (Å²) in [7, 11) is 3.06. The van der Waals surface area contributed by atoms with Gasteiger partial charge in [-0.05, 0) is 36.4 Å². The molecular weight excluding hydrogens is 394 g/mol. The first-order valence-electron chi connectivity index (χ1n) is 9.25. The van der Waals surface area contributed by atoms with Gasteiger partial charge in [-0.25, -0.2) is 0 Å². The number of carbonyl (C=O) groups is 2. The first-order chi connectivity index (χ1) is 14.0. The highest BCUT2D eigenvalue weighted by atomic mass is 32.1. The number of thiophene rings is 1. The Labute approximate surface area is 174 Å². The van der Waals surface area contributed by atoms with Gasteiger partial charge in [-0.2, -0.15) is 4.98 Å². The zero-order valence-electron chi connectivity index (χ0n) is 17.0. The lowest BCUT2D eigenvalue weighted by molar-refractivity contribution is -0.122. The Balaban J connectivity index is 0.000000941. The number of hydrogen-bond acceptors (Lipinski definition) is 7. The third kappa shape index (κ3) is 6.16. The molecule has 29 heavy (non-hydrogen) atoms. The summed E-state index contributed by atoms with van der Waals surface area (Å²) >= 11 is 1.80. The lowest BCUT2D eigenvalue weighted by Crippen LogP contribution is -2.35. The van der Waals surface area contributed by atoms with Gasteiger partial charge in [0.1, 0.15) is 5.56 Å². The highest BCUT2D eigenvalue weighted by molar-refractivity contribution is 7.10. The van der Waals surface area contributed by atoms with Gasteiger partial charge < -0.3 is 19.5 Å². The summed E-state index contributed by atoms with van der Waals surface area (Å²) in [6, 6.07) is 5.58. The largest absolute Gasteiger partial charge is 0.483 e. The minimum Gasteiger partial charge on any atom is -0.483 e. The van der Waals surface area contributed by atoms with Gasteiger partial charge in [-0.3, -0.25) is 14.5 Å². The van der Waals surface area contributed by atoms with Gasteiger partial charge in [0.2, 0.25) is 11.8 Å². The van der Waals surface area contributed by atoms with Crippen molar-refractivity contribution >= 4 is 23.7 Å². The third-order valence-electron chi connectivity index (χ3n) is 4.68. The SMILES string of the molecule is COc1ccc(C(=O)N2CCCN(Cc3sccc3C)CC2)c(OC)n1.O=CO. The number of pyridine rings is 1. The van der Waals surface area contributed by atoms with Gasteiger partial charge in [0, 0.05) is 43.7 Å². The fourth-order valence-electron chi connectivity index (χ4n) is 3.13. The summed E-state index contributed by atoms with van der Waals surface area (Å²) in [4.78, 5) is 31.3. The average molecular weight is 422 g/mol. The summed E-state index contributed by atoms with van der Waals surface area (Å²) in [5, 5.41) is 9.03. The maximum absolute atomic E-state index is 13.0. The minimum absolute atomic E-state index is 0.0360. The van der Waals surface area contributed by atoms with Crippen LogP contribution in [0.15, 0.2) is 23.6 Å². The first-order valence-corrected chi connectivity index (χ1v) is 10.1. The van der Waals surface area contributed by atoms with E-state index >= 15 is 0 Å². The van der Waals surface area contributed by atoms with Gasteiger partial charge in [-0.15, -0.1) is 11.3 Å². The van der Waals surface area contributed by atoms with Gasteiger partial charge >= 0.3 is 0 Å². The van der Waals surface area contributed by atoms with Gasteiger partial charge in [0.05, 0.1) is 14.2 Å². The first kappa shape index (κ1) is 22.6. The van der Waals surface area contributed by atoms with Crippen LogP contribution in [-0.4, -0.2) is 72.7 Å². The number of aromatic nitrogens is 1. The van der Waals surface area contributed by atoms with Crippen LogP contribution in [0.4, 0.5) is 0 Å². The number of methoxy groups -OCH3 is 2. The molecule has 1 amide bonds. The number of ether oxygens (including phenoxy) is 2. The Morgan fingerprint density at radius 2 is 1.97 bits per heavy atom. The molecule has 0 bridgehead atoms. The van der Waals surface area contributed by atoms with Crippen molar-refractivity contribution in [1.29, 1.82) is 0 Å². The molecule has 0 atom stereocenters. The molecule has 8 nitrogen and oxygen atoms in total. The Hall–Kier alpha value is -2.65. The molecule has 0 saturated carbocycles. The Morgan fingerprint density at radius 3 is 2.59 bits per heavy atom. The third-order valence-corrected chi connectivity index (χ3v) is 5.69. The lowest BCUT2D eigenvalue weighted by Gasteiger charge is -2.22. The van der Waals surface area contributed by atoms with E-state index < -0.39 is 0 Å². The summed E-state index contributed by atoms with van der Waals surface area (Å²) in [5.74, 6) is 0.711. The number of aryl methyl sites for hydroxylation is 1. The fourth-order valence-corrected chi connectivity index (χ4v) is 4.07. The molecule has 9 heteroatoms. The van der Waals surface area contributed by atoms with Crippen LogP contribution in [0.25, 0.3) is 0 Å². The maximum atomic E-state index is 13.0. The van der Waals surface area contributed by atoms with Crippen LogP contribution in [-0.2, 0) is 11.3 Å². The van der Waals surface area contributed by atoms with Crippen LogP contribution in [0.3, 0.4) is 0 Å². The lowest BCUT2D eigenvalue weighted by atomic mass is 10.2. The highest BCUT2D eigenvalue weighted by Crippen LogP contribution is 2.23. The van der Waals surface area contributed by atoms with E-state index in [9.17, 15) is 4.79 Å². The van der Waals surface area contributed by atoms with Crippen molar-refractivity contribution in [3.63, 3.8) is 0 Å². The van der Waals surface area contributed by atoms with Crippen molar-refractivity contribution in [1.82, 2.24) is 14.8 Å². The molecule has 0 radical (unpaired) electrons. The molecule has 3 heterocycles. The van der Waals surface area contributed by atoms with Crippen LogP contribution in [0, 0.1) is 6.92 Å². The summed E-state index contributed by atoms with van der Waals surface area (Å²) in [6.45, 7) is 6.18. The molecule has 1 saturated heterocycles. The number of amides is 1. The second-order valence-corrected chi connectivity index (χ2v) is 7.47. The average Bonchev–Trinajstić information content (AvgIpc) is 2.99. The molecule has 0 aliphatic carbocycles. The number of carboxylic acid groups (broad SMARTS) is 1. The predicted molar refractivity (Wildman–Crippen MR) is 111 cm³/mol. The predicted octanol–water partition coefficient (Wildman–Crippen LogP) is 2.52. The minimum atomic E-state index is -0.250. The number of hydrogen-bond donors (Lipinski definition) is 1. The highest BCUT2D eigenvalue weighted by Gasteiger charge is 2.24. The second kappa shape index (κ2) is 11.4. The zero-order chi connectivity index (χ0) is 21.2. The van der Waals surface area contributed by atoms with Crippen molar-refractivity contribution in [2.24, 2.45) is 0 Å². The molecule has 2 aromatic rings. The van der Waals surface area contributed by atoms with E-state index in [1.54, 1.807) is 30.6 Å². The molecule has 3 rings (SSSR count). The van der Waals surface area contributed by atoms with E-state index in [1.165, 1.54) is 17.6 Å². The quantitative estimate of drug-likeness (QED) is 0.742. The van der Waals surface area contributed by atoms with E-state index in [1.807, 2.05) is 4.90 Å². The fraction of sp³-hybridized carbons (Fsp3) is 0.450. The molecule has 0 aromatic carbocycles. The molecule has 0 spiro atoms. The molecule has 158 valence electrons. The van der Waals surface area contributed by atoms with Crippen molar-refractivity contribution < 1.29 is 24.2 Å². The van der Waals surface area contributed by atoms with Crippen LogP contribution >= 0.6 is 11.3 Å². The Kier molecular flexibility index (Phi) is 8.88.